The van der Waals surface area contributed by atoms with Crippen LogP contribution in [0.3, 0.4) is 0 Å². The van der Waals surface area contributed by atoms with Crippen LogP contribution in [0, 0.1) is 5.92 Å². The topological polar surface area (TPSA) is 69.6 Å². The van der Waals surface area contributed by atoms with E-state index in [-0.39, 0.29) is 6.03 Å². The van der Waals surface area contributed by atoms with Crippen molar-refractivity contribution in [3.05, 3.63) is 0 Å². The number of aliphatic carboxylic acids is 1. The molecule has 1 heterocycles. The summed E-state index contributed by atoms with van der Waals surface area (Å²) >= 11 is 0. The maximum atomic E-state index is 12.2. The molecule has 1 atom stereocenters. The largest absolute Gasteiger partial charge is 0.480 e. The van der Waals surface area contributed by atoms with Crippen molar-refractivity contribution in [1.82, 2.24) is 10.2 Å². The van der Waals surface area contributed by atoms with Crippen LogP contribution in [0.25, 0.3) is 0 Å². The highest BCUT2D eigenvalue weighted by Crippen LogP contribution is 2.30. The third-order valence-electron chi connectivity index (χ3n) is 4.48. The van der Waals surface area contributed by atoms with Gasteiger partial charge in [0.1, 0.15) is 5.54 Å². The van der Waals surface area contributed by atoms with E-state index in [0.717, 1.165) is 45.2 Å². The Morgan fingerprint density at radius 1 is 1.37 bits per heavy atom. The van der Waals surface area contributed by atoms with Crippen molar-refractivity contribution in [2.75, 3.05) is 13.1 Å². The maximum Gasteiger partial charge on any atom is 0.329 e. The number of carbonyl (C=O) groups excluding carboxylic acids is 1. The Kier molecular flexibility index (Phi) is 4.32. The number of rotatable bonds is 4. The van der Waals surface area contributed by atoms with E-state index in [1.54, 1.807) is 4.90 Å². The van der Waals surface area contributed by atoms with Gasteiger partial charge in [-0.1, -0.05) is 26.2 Å². The quantitative estimate of drug-likeness (QED) is 0.821. The minimum atomic E-state index is -1.01. The van der Waals surface area contributed by atoms with Crippen LogP contribution in [0.15, 0.2) is 0 Å². The number of amides is 2. The fourth-order valence-corrected chi connectivity index (χ4v) is 3.32. The number of urea groups is 1. The van der Waals surface area contributed by atoms with Gasteiger partial charge in [0.2, 0.25) is 0 Å². The van der Waals surface area contributed by atoms with Gasteiger partial charge in [-0.2, -0.15) is 0 Å². The number of likely N-dealkylation sites (tertiary alicyclic amines) is 1. The van der Waals surface area contributed by atoms with E-state index in [0.29, 0.717) is 18.8 Å². The number of hydrogen-bond donors (Lipinski definition) is 2. The summed E-state index contributed by atoms with van der Waals surface area (Å²) in [5, 5.41) is 12.1. The van der Waals surface area contributed by atoms with Crippen LogP contribution >= 0.6 is 0 Å². The summed E-state index contributed by atoms with van der Waals surface area (Å²) in [5.74, 6) is -0.303. The average Bonchev–Trinajstić information content (AvgIpc) is 2.99. The average molecular weight is 268 g/mol. The molecule has 0 spiro atoms. The third-order valence-corrected chi connectivity index (χ3v) is 4.48. The van der Waals surface area contributed by atoms with Crippen LogP contribution in [0.1, 0.15) is 51.9 Å². The lowest BCUT2D eigenvalue weighted by Gasteiger charge is -2.28. The van der Waals surface area contributed by atoms with Gasteiger partial charge in [-0.25, -0.2) is 9.59 Å². The Morgan fingerprint density at radius 2 is 2.05 bits per heavy atom. The standard InChI is InChI=1S/C14H24N2O3/c1-2-5-11-6-9-16(10-11)13(19)15-14(12(17)18)7-3-4-8-14/h11H,2-10H2,1H3,(H,15,19)(H,17,18). The molecule has 5 nitrogen and oxygen atoms in total. The molecule has 2 N–H and O–H groups in total. The van der Waals surface area contributed by atoms with Gasteiger partial charge in [0.05, 0.1) is 0 Å². The molecule has 2 aliphatic rings. The van der Waals surface area contributed by atoms with E-state index in [2.05, 4.69) is 12.2 Å². The molecule has 1 saturated carbocycles. The second-order valence-electron chi connectivity index (χ2n) is 5.91. The van der Waals surface area contributed by atoms with Gasteiger partial charge in [0.15, 0.2) is 0 Å². The second kappa shape index (κ2) is 5.80. The Bertz CT molecular complexity index is 351. The van der Waals surface area contributed by atoms with Gasteiger partial charge in [0.25, 0.3) is 0 Å². The van der Waals surface area contributed by atoms with E-state index in [1.165, 1.54) is 0 Å². The monoisotopic (exact) mass is 268 g/mol. The molecule has 0 aromatic carbocycles. The van der Waals surface area contributed by atoms with Gasteiger partial charge in [-0.3, -0.25) is 0 Å². The molecule has 1 unspecified atom stereocenters. The van der Waals surface area contributed by atoms with Crippen molar-refractivity contribution in [2.24, 2.45) is 5.92 Å². The van der Waals surface area contributed by atoms with E-state index in [4.69, 9.17) is 0 Å². The van der Waals surface area contributed by atoms with E-state index in [1.807, 2.05) is 0 Å². The van der Waals surface area contributed by atoms with Crippen LogP contribution in [0.2, 0.25) is 0 Å². The number of nitrogens with zero attached hydrogens (tertiary/aromatic N) is 1. The van der Waals surface area contributed by atoms with E-state index in [9.17, 15) is 14.7 Å². The highest BCUT2D eigenvalue weighted by Gasteiger charge is 2.43. The molecule has 1 aliphatic heterocycles. The minimum absolute atomic E-state index is 0.192. The molecule has 5 heteroatoms. The highest BCUT2D eigenvalue weighted by atomic mass is 16.4. The first-order valence-electron chi connectivity index (χ1n) is 7.38. The fourth-order valence-electron chi connectivity index (χ4n) is 3.32. The normalized spacial score (nSPS) is 25.5. The Balaban J connectivity index is 1.92. The molecular weight excluding hydrogens is 244 g/mol. The van der Waals surface area contributed by atoms with Crippen LogP contribution in [-0.4, -0.2) is 40.6 Å². The van der Waals surface area contributed by atoms with Crippen molar-refractivity contribution in [3.63, 3.8) is 0 Å². The van der Waals surface area contributed by atoms with Gasteiger partial charge in [-0.15, -0.1) is 0 Å². The zero-order valence-electron chi connectivity index (χ0n) is 11.7. The Morgan fingerprint density at radius 3 is 2.63 bits per heavy atom. The number of hydrogen-bond acceptors (Lipinski definition) is 2. The minimum Gasteiger partial charge on any atom is -0.480 e. The van der Waals surface area contributed by atoms with Gasteiger partial charge in [-0.05, 0) is 31.6 Å². The van der Waals surface area contributed by atoms with Crippen molar-refractivity contribution in [3.8, 4) is 0 Å². The zero-order chi connectivity index (χ0) is 13.9. The molecular formula is C14H24N2O3. The van der Waals surface area contributed by atoms with E-state index < -0.39 is 11.5 Å². The molecule has 0 radical (unpaired) electrons. The van der Waals surface area contributed by atoms with E-state index >= 15 is 0 Å². The molecule has 2 fully saturated rings. The molecule has 0 bridgehead atoms. The maximum absolute atomic E-state index is 12.2. The summed E-state index contributed by atoms with van der Waals surface area (Å²) in [5.41, 5.74) is -1.01. The number of nitrogens with one attached hydrogen (secondary N) is 1. The molecule has 1 aliphatic carbocycles. The highest BCUT2D eigenvalue weighted by molar-refractivity contribution is 5.86. The lowest BCUT2D eigenvalue weighted by molar-refractivity contribution is -0.144. The van der Waals surface area contributed by atoms with Crippen molar-refractivity contribution in [1.29, 1.82) is 0 Å². The Labute approximate surface area is 114 Å². The smallest absolute Gasteiger partial charge is 0.329 e. The molecule has 0 aromatic rings. The lowest BCUT2D eigenvalue weighted by Crippen LogP contribution is -2.56. The molecule has 2 rings (SSSR count). The predicted molar refractivity (Wildman–Crippen MR) is 72.0 cm³/mol. The first-order valence-corrected chi connectivity index (χ1v) is 7.38. The SMILES string of the molecule is CCCC1CCN(C(=O)NC2(C(=O)O)CCCC2)C1. The summed E-state index contributed by atoms with van der Waals surface area (Å²) in [6.07, 6.45) is 6.20. The fraction of sp³-hybridized carbons (Fsp3) is 0.857. The van der Waals surface area contributed by atoms with Crippen molar-refractivity contribution in [2.45, 2.75) is 57.4 Å². The van der Waals surface area contributed by atoms with Crippen molar-refractivity contribution < 1.29 is 14.7 Å². The summed E-state index contributed by atoms with van der Waals surface area (Å²) in [6, 6.07) is -0.192. The van der Waals surface area contributed by atoms with Crippen LogP contribution in [0.5, 0.6) is 0 Å². The number of carboxylic acid groups (broad SMARTS) is 1. The predicted octanol–water partition coefficient (Wildman–Crippen LogP) is 2.22. The zero-order valence-corrected chi connectivity index (χ0v) is 11.7. The lowest BCUT2D eigenvalue weighted by atomic mass is 9.98. The summed E-state index contributed by atoms with van der Waals surface area (Å²) in [7, 11) is 0. The summed E-state index contributed by atoms with van der Waals surface area (Å²) in [6.45, 7) is 3.68. The molecule has 0 aromatic heterocycles. The first-order chi connectivity index (χ1) is 9.07. The van der Waals surface area contributed by atoms with Gasteiger partial charge >= 0.3 is 12.0 Å². The van der Waals surface area contributed by atoms with Crippen LogP contribution in [0.4, 0.5) is 4.79 Å². The van der Waals surface area contributed by atoms with Gasteiger partial charge < -0.3 is 15.3 Å². The summed E-state index contributed by atoms with van der Waals surface area (Å²) in [4.78, 5) is 25.4. The molecule has 19 heavy (non-hydrogen) atoms. The number of carbonyl (C=O) groups is 2. The molecule has 108 valence electrons. The first kappa shape index (κ1) is 14.2. The summed E-state index contributed by atoms with van der Waals surface area (Å²) < 4.78 is 0. The number of carboxylic acids is 1. The molecule has 2 amide bonds. The van der Waals surface area contributed by atoms with Crippen molar-refractivity contribution >= 4 is 12.0 Å². The molecule has 1 saturated heterocycles. The second-order valence-corrected chi connectivity index (χ2v) is 5.91. The third kappa shape index (κ3) is 3.01. The van der Waals surface area contributed by atoms with Gasteiger partial charge in [0, 0.05) is 13.1 Å². The van der Waals surface area contributed by atoms with Crippen LogP contribution in [-0.2, 0) is 4.79 Å². The Hall–Kier alpha value is -1.26. The van der Waals surface area contributed by atoms with Crippen LogP contribution < -0.4 is 5.32 Å².